The van der Waals surface area contributed by atoms with E-state index < -0.39 is 5.97 Å². The number of hydrogen-bond acceptors (Lipinski definition) is 7. The van der Waals surface area contributed by atoms with Crippen molar-refractivity contribution in [2.45, 2.75) is 12.5 Å². The van der Waals surface area contributed by atoms with Gasteiger partial charge in [0.25, 0.3) is 0 Å². The minimum Gasteiger partial charge on any atom is -0.476 e. The number of carboxylic acids is 1. The molecule has 1 amide bonds. The second-order valence-corrected chi connectivity index (χ2v) is 5.59. The van der Waals surface area contributed by atoms with Crippen molar-refractivity contribution >= 4 is 28.3 Å². The van der Waals surface area contributed by atoms with Crippen LogP contribution in [0.2, 0.25) is 0 Å². The predicted octanol–water partition coefficient (Wildman–Crippen LogP) is -0.359. The Kier molecular flexibility index (Phi) is 3.29. The van der Waals surface area contributed by atoms with Crippen LogP contribution in [0.1, 0.15) is 22.2 Å². The average Bonchev–Trinajstić information content (AvgIpc) is 2.97. The Hall–Kier alpha value is -2.49. The van der Waals surface area contributed by atoms with Gasteiger partial charge in [-0.25, -0.2) is 14.5 Å². The molecule has 2 aromatic heterocycles. The van der Waals surface area contributed by atoms with E-state index in [2.05, 4.69) is 15.3 Å². The first-order chi connectivity index (χ1) is 10.0. The van der Waals surface area contributed by atoms with Gasteiger partial charge in [-0.2, -0.15) is 0 Å². The quantitative estimate of drug-likeness (QED) is 0.789. The standard InChI is InChI=1S/C11H12N6O3S/c12-11-13-6(5-21-11)1-9(18)16-2-7(3-16)17-4-8(10(19)20)14-15-17/h4-5,7H,1-3H2,(H2,12,13)(H,19,20). The van der Waals surface area contributed by atoms with Gasteiger partial charge in [0.15, 0.2) is 10.8 Å². The van der Waals surface area contributed by atoms with Gasteiger partial charge in [0.1, 0.15) is 0 Å². The highest BCUT2D eigenvalue weighted by Gasteiger charge is 2.33. The van der Waals surface area contributed by atoms with Gasteiger partial charge in [0, 0.05) is 18.5 Å². The molecule has 0 unspecified atom stereocenters. The largest absolute Gasteiger partial charge is 0.476 e. The summed E-state index contributed by atoms with van der Waals surface area (Å²) in [6.07, 6.45) is 1.59. The molecule has 3 rings (SSSR count). The van der Waals surface area contributed by atoms with Gasteiger partial charge in [0.2, 0.25) is 5.91 Å². The summed E-state index contributed by atoms with van der Waals surface area (Å²) in [5, 5.41) is 18.3. The Balaban J connectivity index is 1.55. The number of hydrogen-bond donors (Lipinski definition) is 2. The molecule has 110 valence electrons. The zero-order chi connectivity index (χ0) is 15.0. The molecule has 9 nitrogen and oxygen atoms in total. The molecule has 1 saturated heterocycles. The van der Waals surface area contributed by atoms with E-state index in [-0.39, 0.29) is 24.1 Å². The summed E-state index contributed by atoms with van der Waals surface area (Å²) in [7, 11) is 0. The van der Waals surface area contributed by atoms with Crippen LogP contribution >= 0.6 is 11.3 Å². The number of carbonyl (C=O) groups is 2. The Bertz CT molecular complexity index is 690. The zero-order valence-electron chi connectivity index (χ0n) is 10.8. The van der Waals surface area contributed by atoms with Gasteiger partial charge in [-0.15, -0.1) is 16.4 Å². The predicted molar refractivity (Wildman–Crippen MR) is 72.8 cm³/mol. The Morgan fingerprint density at radius 2 is 2.24 bits per heavy atom. The SMILES string of the molecule is Nc1nc(CC(=O)N2CC(n3cc(C(=O)O)nn3)C2)cs1. The van der Waals surface area contributed by atoms with Crippen LogP contribution in [-0.4, -0.2) is 55.0 Å². The topological polar surface area (TPSA) is 127 Å². The second-order valence-electron chi connectivity index (χ2n) is 4.70. The monoisotopic (exact) mass is 308 g/mol. The lowest BCUT2D eigenvalue weighted by Gasteiger charge is -2.38. The number of aromatic carboxylic acids is 1. The third-order valence-corrected chi connectivity index (χ3v) is 3.94. The van der Waals surface area contributed by atoms with Gasteiger partial charge in [0.05, 0.1) is 24.4 Å². The molecular weight excluding hydrogens is 296 g/mol. The molecule has 1 aliphatic rings. The Morgan fingerprint density at radius 3 is 2.81 bits per heavy atom. The number of anilines is 1. The molecule has 0 saturated carbocycles. The molecule has 1 aliphatic heterocycles. The maximum absolute atomic E-state index is 12.0. The van der Waals surface area contributed by atoms with Crippen LogP contribution in [0.5, 0.6) is 0 Å². The van der Waals surface area contributed by atoms with Gasteiger partial charge < -0.3 is 15.7 Å². The molecule has 0 bridgehead atoms. The number of nitrogens with two attached hydrogens (primary N) is 1. The molecule has 1 fully saturated rings. The molecule has 0 spiro atoms. The molecule has 0 atom stereocenters. The van der Waals surface area contributed by atoms with E-state index in [0.29, 0.717) is 23.9 Å². The second kappa shape index (κ2) is 5.13. The van der Waals surface area contributed by atoms with Gasteiger partial charge in [-0.3, -0.25) is 4.79 Å². The van der Waals surface area contributed by atoms with E-state index in [4.69, 9.17) is 10.8 Å². The number of nitrogen functional groups attached to an aromatic ring is 1. The van der Waals surface area contributed by atoms with Crippen molar-refractivity contribution in [3.05, 3.63) is 23.0 Å². The van der Waals surface area contributed by atoms with Gasteiger partial charge >= 0.3 is 5.97 Å². The molecule has 0 aromatic carbocycles. The van der Waals surface area contributed by atoms with Gasteiger partial charge in [-0.05, 0) is 0 Å². The highest BCUT2D eigenvalue weighted by atomic mass is 32.1. The number of amides is 1. The van der Waals surface area contributed by atoms with Crippen LogP contribution in [0, 0.1) is 0 Å². The fraction of sp³-hybridized carbons (Fsp3) is 0.364. The molecular formula is C11H12N6O3S. The highest BCUT2D eigenvalue weighted by Crippen LogP contribution is 2.22. The number of rotatable bonds is 4. The first-order valence-corrected chi connectivity index (χ1v) is 7.03. The lowest BCUT2D eigenvalue weighted by atomic mass is 10.1. The Labute approximate surface area is 123 Å². The lowest BCUT2D eigenvalue weighted by Crippen LogP contribution is -2.51. The fourth-order valence-corrected chi connectivity index (χ4v) is 2.61. The summed E-state index contributed by atoms with van der Waals surface area (Å²) in [6, 6.07) is -0.0324. The van der Waals surface area contributed by atoms with Crippen LogP contribution in [0.3, 0.4) is 0 Å². The van der Waals surface area contributed by atoms with E-state index in [1.807, 2.05) is 0 Å². The lowest BCUT2D eigenvalue weighted by molar-refractivity contribution is -0.136. The van der Waals surface area contributed by atoms with Crippen LogP contribution in [0.15, 0.2) is 11.6 Å². The minimum absolute atomic E-state index is 0.0323. The molecule has 2 aromatic rings. The summed E-state index contributed by atoms with van der Waals surface area (Å²) in [5.41, 5.74) is 6.08. The number of carboxylic acid groups (broad SMARTS) is 1. The number of likely N-dealkylation sites (tertiary alicyclic amines) is 1. The first kappa shape index (κ1) is 13.5. The molecule has 21 heavy (non-hydrogen) atoms. The fourth-order valence-electron chi connectivity index (χ4n) is 2.05. The van der Waals surface area contributed by atoms with E-state index in [1.165, 1.54) is 22.2 Å². The van der Waals surface area contributed by atoms with Crippen molar-refractivity contribution in [1.29, 1.82) is 0 Å². The van der Waals surface area contributed by atoms with Crippen molar-refractivity contribution < 1.29 is 14.7 Å². The van der Waals surface area contributed by atoms with Gasteiger partial charge in [-0.1, -0.05) is 5.21 Å². The van der Waals surface area contributed by atoms with Crippen molar-refractivity contribution in [3.63, 3.8) is 0 Å². The third-order valence-electron chi connectivity index (χ3n) is 3.22. The Morgan fingerprint density at radius 1 is 1.48 bits per heavy atom. The molecule has 3 N–H and O–H groups in total. The molecule has 0 radical (unpaired) electrons. The van der Waals surface area contributed by atoms with Crippen molar-refractivity contribution in [3.8, 4) is 0 Å². The summed E-state index contributed by atoms with van der Waals surface area (Å²) in [5.74, 6) is -1.15. The smallest absolute Gasteiger partial charge is 0.358 e. The number of aromatic nitrogens is 4. The maximum Gasteiger partial charge on any atom is 0.358 e. The number of thiazole rings is 1. The summed E-state index contributed by atoms with van der Waals surface area (Å²) < 4.78 is 1.48. The van der Waals surface area contributed by atoms with Crippen molar-refractivity contribution in [2.24, 2.45) is 0 Å². The van der Waals surface area contributed by atoms with Crippen LogP contribution in [-0.2, 0) is 11.2 Å². The normalized spacial score (nSPS) is 15.0. The first-order valence-electron chi connectivity index (χ1n) is 6.15. The summed E-state index contributed by atoms with van der Waals surface area (Å²) in [4.78, 5) is 28.4. The summed E-state index contributed by atoms with van der Waals surface area (Å²) >= 11 is 1.30. The third kappa shape index (κ3) is 2.70. The van der Waals surface area contributed by atoms with Crippen LogP contribution in [0.25, 0.3) is 0 Å². The van der Waals surface area contributed by atoms with Crippen molar-refractivity contribution in [2.75, 3.05) is 18.8 Å². The van der Waals surface area contributed by atoms with E-state index in [1.54, 1.807) is 10.3 Å². The molecule has 3 heterocycles. The molecule has 0 aliphatic carbocycles. The summed E-state index contributed by atoms with van der Waals surface area (Å²) in [6.45, 7) is 0.974. The van der Waals surface area contributed by atoms with E-state index in [9.17, 15) is 9.59 Å². The number of carbonyl (C=O) groups excluding carboxylic acids is 1. The zero-order valence-corrected chi connectivity index (χ0v) is 11.7. The average molecular weight is 308 g/mol. The van der Waals surface area contributed by atoms with Crippen molar-refractivity contribution in [1.82, 2.24) is 24.9 Å². The van der Waals surface area contributed by atoms with E-state index >= 15 is 0 Å². The highest BCUT2D eigenvalue weighted by molar-refractivity contribution is 7.13. The number of nitrogens with zero attached hydrogens (tertiary/aromatic N) is 5. The van der Waals surface area contributed by atoms with E-state index in [0.717, 1.165) is 0 Å². The van der Waals surface area contributed by atoms with Crippen LogP contribution < -0.4 is 5.73 Å². The molecule has 10 heteroatoms. The van der Waals surface area contributed by atoms with Crippen LogP contribution in [0.4, 0.5) is 5.13 Å². The maximum atomic E-state index is 12.0. The minimum atomic E-state index is -1.12.